The molecule has 0 bridgehead atoms. The topological polar surface area (TPSA) is 0 Å². The van der Waals surface area contributed by atoms with Crippen molar-refractivity contribution in [2.45, 2.75) is 14.0 Å². The monoisotopic (exact) mass is 539 g/mol. The number of rotatable bonds is 4. The van der Waals surface area contributed by atoms with Crippen LogP contribution in [0.1, 0.15) is 0 Å². The molecule has 9 heteroatoms. The fourth-order valence-corrected chi connectivity index (χ4v) is 6.28. The van der Waals surface area contributed by atoms with Gasteiger partial charge in [0, 0.05) is 29.4 Å². The van der Waals surface area contributed by atoms with Crippen LogP contribution in [0.2, 0.25) is 0 Å². The van der Waals surface area contributed by atoms with Crippen LogP contribution in [-0.4, -0.2) is 18.0 Å². The summed E-state index contributed by atoms with van der Waals surface area (Å²) < 4.78 is 1.41. The van der Waals surface area contributed by atoms with Gasteiger partial charge in [0.25, 0.3) is 0 Å². The van der Waals surface area contributed by atoms with Crippen LogP contribution in [0, 0.1) is 0 Å². The molecule has 3 aromatic carbocycles. The average Bonchev–Trinajstić information content (AvgIpc) is 3.14. The van der Waals surface area contributed by atoms with E-state index in [0.29, 0.717) is 0 Å². The third kappa shape index (κ3) is 8.48. The summed E-state index contributed by atoms with van der Waals surface area (Å²) in [6.07, 6.45) is 0. The minimum atomic E-state index is -0.0491. The molecule has 0 aliphatic rings. The SMILES string of the molecule is F.F.F.F.F.[As].[F-].c1ccc(-c2csc([S+](c3ccccc3)c3ccccc3)c2)cc1. The van der Waals surface area contributed by atoms with Gasteiger partial charge in [0.1, 0.15) is 10.9 Å². The molecule has 4 rings (SSSR count). The Bertz CT molecular complexity index is 885. The Morgan fingerprint density at radius 2 is 0.903 bits per heavy atom. The molecule has 1 heterocycles. The van der Waals surface area contributed by atoms with Crippen molar-refractivity contribution in [1.29, 1.82) is 0 Å². The molecule has 0 unspecified atom stereocenters. The summed E-state index contributed by atoms with van der Waals surface area (Å²) >= 11 is 1.85. The molecule has 31 heavy (non-hydrogen) atoms. The Hall–Kier alpha value is -2.15. The maximum atomic E-state index is 2.35. The zero-order valence-corrected chi connectivity index (χ0v) is 19.5. The molecule has 0 N–H and O–H groups in total. The first kappa shape index (κ1) is 36.2. The van der Waals surface area contributed by atoms with E-state index < -0.39 is 0 Å². The van der Waals surface area contributed by atoms with Crippen molar-refractivity contribution >= 4 is 40.2 Å². The van der Waals surface area contributed by atoms with Gasteiger partial charge >= 0.3 is 0 Å². The van der Waals surface area contributed by atoms with Crippen molar-refractivity contribution in [2.24, 2.45) is 0 Å². The first-order chi connectivity index (χ1) is 11.9. The third-order valence-electron chi connectivity index (χ3n) is 3.84. The van der Waals surface area contributed by atoms with E-state index in [1.807, 2.05) is 11.3 Å². The van der Waals surface area contributed by atoms with Crippen LogP contribution in [0.3, 0.4) is 0 Å². The Balaban J connectivity index is -0.000000521. The van der Waals surface area contributed by atoms with Gasteiger partial charge < -0.3 is 4.70 Å². The summed E-state index contributed by atoms with van der Waals surface area (Å²) in [4.78, 5) is 2.73. The second kappa shape index (κ2) is 17.5. The summed E-state index contributed by atoms with van der Waals surface area (Å²) in [5.41, 5.74) is 2.59. The van der Waals surface area contributed by atoms with Crippen molar-refractivity contribution in [3.05, 3.63) is 102 Å². The molecule has 0 fully saturated rings. The maximum Gasteiger partial charge on any atom is 0.220 e. The molecular formula is C22H22AsF6S2. The van der Waals surface area contributed by atoms with Gasteiger partial charge in [-0.1, -0.05) is 78.1 Å². The molecule has 4 aromatic rings. The van der Waals surface area contributed by atoms with Crippen LogP contribution in [0.15, 0.2) is 116 Å². The standard InChI is InChI=1S/C22H17S2.As.6FH/c1-4-10-18(11-5-1)19-16-22(23-17-19)24(20-12-6-2-7-13-20)21-14-8-3-9-15-21;;;;;;;/h1-17H;;6*1H/q+1;;;;;;;/p-1. The summed E-state index contributed by atoms with van der Waals surface area (Å²) in [6, 6.07) is 34.6. The fourth-order valence-electron chi connectivity index (χ4n) is 2.69. The molecule has 0 saturated heterocycles. The van der Waals surface area contributed by atoms with Gasteiger partial charge in [-0.25, -0.2) is 0 Å². The van der Waals surface area contributed by atoms with E-state index in [2.05, 4.69) is 102 Å². The molecular weight excluding hydrogens is 517 g/mol. The first-order valence-electron chi connectivity index (χ1n) is 7.90. The molecule has 3 radical (unpaired) electrons. The van der Waals surface area contributed by atoms with E-state index in [4.69, 9.17) is 0 Å². The zero-order valence-electron chi connectivity index (χ0n) is 16.0. The molecule has 0 nitrogen and oxygen atoms in total. The van der Waals surface area contributed by atoms with E-state index in [0.717, 1.165) is 0 Å². The molecule has 0 aliphatic carbocycles. The minimum absolute atomic E-state index is 0. The van der Waals surface area contributed by atoms with Crippen LogP contribution in [0.25, 0.3) is 11.1 Å². The summed E-state index contributed by atoms with van der Waals surface area (Å²) in [5, 5.41) is 2.27. The van der Waals surface area contributed by atoms with Crippen molar-refractivity contribution in [2.75, 3.05) is 0 Å². The zero-order chi connectivity index (χ0) is 16.2. The number of halogens is 6. The van der Waals surface area contributed by atoms with Crippen LogP contribution in [-0.2, 0) is 10.9 Å². The van der Waals surface area contributed by atoms with Gasteiger partial charge in [-0.05, 0) is 35.4 Å². The number of hydrogen-bond donors (Lipinski definition) is 0. The molecule has 169 valence electrons. The fraction of sp³-hybridized carbons (Fsp3) is 0. The van der Waals surface area contributed by atoms with Crippen LogP contribution >= 0.6 is 11.3 Å². The summed E-state index contributed by atoms with van der Waals surface area (Å²) in [5.74, 6) is 0. The quantitative estimate of drug-likeness (QED) is 0.210. The number of thiophene rings is 1. The molecule has 0 aliphatic heterocycles. The molecule has 0 spiro atoms. The van der Waals surface area contributed by atoms with E-state index in [9.17, 15) is 0 Å². The largest absolute Gasteiger partial charge is 1.00 e. The van der Waals surface area contributed by atoms with E-state index in [-0.39, 0.29) is 57.1 Å². The van der Waals surface area contributed by atoms with Crippen LogP contribution in [0.5, 0.6) is 0 Å². The van der Waals surface area contributed by atoms with Gasteiger partial charge in [0.2, 0.25) is 4.21 Å². The normalized spacial score (nSPS) is 8.42. The van der Waals surface area contributed by atoms with Crippen LogP contribution < -0.4 is 4.70 Å². The Morgan fingerprint density at radius 3 is 1.32 bits per heavy atom. The third-order valence-corrected chi connectivity index (χ3v) is 7.36. The summed E-state index contributed by atoms with van der Waals surface area (Å²) in [7, 11) is -0.0491. The number of benzene rings is 3. The number of hydrogen-bond acceptors (Lipinski definition) is 1. The molecule has 0 atom stereocenters. The predicted molar refractivity (Wildman–Crippen MR) is 123 cm³/mol. The van der Waals surface area contributed by atoms with Gasteiger partial charge in [-0.3, -0.25) is 23.5 Å². The van der Waals surface area contributed by atoms with Crippen LogP contribution in [0.4, 0.5) is 23.5 Å². The van der Waals surface area contributed by atoms with Crippen molar-refractivity contribution < 1.29 is 28.2 Å². The molecule has 0 saturated carbocycles. The second-order valence-electron chi connectivity index (χ2n) is 5.45. The second-order valence-corrected chi connectivity index (χ2v) is 8.62. The van der Waals surface area contributed by atoms with Gasteiger partial charge in [0.15, 0.2) is 9.79 Å². The van der Waals surface area contributed by atoms with Crippen molar-refractivity contribution in [3.63, 3.8) is 0 Å². The molecule has 1 aromatic heterocycles. The predicted octanol–water partition coefficient (Wildman–Crippen LogP) is 3.90. The van der Waals surface area contributed by atoms with Gasteiger partial charge in [0.05, 0.1) is 0 Å². The first-order valence-corrected chi connectivity index (χ1v) is 10.0. The smallest absolute Gasteiger partial charge is 0.220 e. The van der Waals surface area contributed by atoms with Crippen molar-refractivity contribution in [3.8, 4) is 11.1 Å². The van der Waals surface area contributed by atoms with E-state index >= 15 is 0 Å². The Labute approximate surface area is 195 Å². The molecule has 0 amide bonds. The minimum Gasteiger partial charge on any atom is -1.00 e. The van der Waals surface area contributed by atoms with Gasteiger partial charge in [-0.2, -0.15) is 0 Å². The Morgan fingerprint density at radius 1 is 0.516 bits per heavy atom. The summed E-state index contributed by atoms with van der Waals surface area (Å²) in [6.45, 7) is 0. The van der Waals surface area contributed by atoms with Crippen molar-refractivity contribution in [1.82, 2.24) is 0 Å². The Kier molecular flexibility index (Phi) is 20.5. The average molecular weight is 539 g/mol. The van der Waals surface area contributed by atoms with E-state index in [1.54, 1.807) is 0 Å². The maximum absolute atomic E-state index is 2.35. The van der Waals surface area contributed by atoms with Gasteiger partial charge in [-0.15, -0.1) is 0 Å². The van der Waals surface area contributed by atoms with E-state index in [1.165, 1.54) is 25.1 Å².